The molecule has 1 amide bonds. The molecule has 1 fully saturated rings. The molecule has 2 atom stereocenters. The maximum absolute atomic E-state index is 13.6. The average Bonchev–Trinajstić information content (AvgIpc) is 2.54. The van der Waals surface area contributed by atoms with Crippen molar-refractivity contribution in [3.05, 3.63) is 35.4 Å². The summed E-state index contributed by atoms with van der Waals surface area (Å²) in [6.45, 7) is 5.78. The van der Waals surface area contributed by atoms with Crippen molar-refractivity contribution in [2.45, 2.75) is 38.7 Å². The number of hydrogen-bond donors (Lipinski definition) is 0. The first-order valence-corrected chi connectivity index (χ1v) is 8.13. The monoisotopic (exact) mass is 355 g/mol. The van der Waals surface area contributed by atoms with Gasteiger partial charge in [0.25, 0.3) is 0 Å². The molecule has 0 bridgehead atoms. The van der Waals surface area contributed by atoms with E-state index in [-0.39, 0.29) is 6.54 Å². The third kappa shape index (κ3) is 4.67. The molecule has 0 unspecified atom stereocenters. The minimum Gasteiger partial charge on any atom is -0.469 e. The SMILES string of the molecule is COC(=O)[C@@H]1CCN(C(=O)OC(C)(C)C)C[C@H]1c1ccc(F)c(F)c1. The van der Waals surface area contributed by atoms with Crippen LogP contribution in [0.25, 0.3) is 0 Å². The molecule has 138 valence electrons. The van der Waals surface area contributed by atoms with Gasteiger partial charge in [0.15, 0.2) is 11.6 Å². The Morgan fingerprint density at radius 2 is 1.88 bits per heavy atom. The summed E-state index contributed by atoms with van der Waals surface area (Å²) in [5.74, 6) is -3.41. The maximum Gasteiger partial charge on any atom is 0.410 e. The molecule has 1 aliphatic heterocycles. The van der Waals surface area contributed by atoms with Gasteiger partial charge in [0.1, 0.15) is 5.60 Å². The first-order valence-electron chi connectivity index (χ1n) is 8.13. The Kier molecular flexibility index (Phi) is 5.65. The van der Waals surface area contributed by atoms with Crippen molar-refractivity contribution in [1.82, 2.24) is 4.90 Å². The summed E-state index contributed by atoms with van der Waals surface area (Å²) >= 11 is 0. The highest BCUT2D eigenvalue weighted by molar-refractivity contribution is 5.75. The second-order valence-electron chi connectivity index (χ2n) is 7.12. The van der Waals surface area contributed by atoms with Gasteiger partial charge in [0.2, 0.25) is 0 Å². The van der Waals surface area contributed by atoms with Gasteiger partial charge in [-0.15, -0.1) is 0 Å². The highest BCUT2D eigenvalue weighted by Crippen LogP contribution is 2.34. The molecule has 0 saturated carbocycles. The van der Waals surface area contributed by atoms with Crippen LogP contribution in [0.15, 0.2) is 18.2 Å². The van der Waals surface area contributed by atoms with Gasteiger partial charge in [-0.25, -0.2) is 13.6 Å². The van der Waals surface area contributed by atoms with E-state index in [0.717, 1.165) is 12.1 Å². The van der Waals surface area contributed by atoms with Gasteiger partial charge in [-0.2, -0.15) is 0 Å². The number of halogens is 2. The van der Waals surface area contributed by atoms with Crippen molar-refractivity contribution >= 4 is 12.1 Å². The molecule has 1 aliphatic rings. The van der Waals surface area contributed by atoms with E-state index < -0.39 is 41.1 Å². The summed E-state index contributed by atoms with van der Waals surface area (Å²) in [5.41, 5.74) is -0.198. The molecule has 5 nitrogen and oxygen atoms in total. The lowest BCUT2D eigenvalue weighted by Crippen LogP contribution is -2.46. The van der Waals surface area contributed by atoms with E-state index in [1.165, 1.54) is 18.1 Å². The number of likely N-dealkylation sites (tertiary alicyclic amines) is 1. The summed E-state index contributed by atoms with van der Waals surface area (Å²) in [6.07, 6.45) is -0.140. The van der Waals surface area contributed by atoms with Crippen LogP contribution in [0, 0.1) is 17.6 Å². The summed E-state index contributed by atoms with van der Waals surface area (Å²) in [4.78, 5) is 25.9. The van der Waals surface area contributed by atoms with E-state index in [1.807, 2.05) is 0 Å². The summed E-state index contributed by atoms with van der Waals surface area (Å²) < 4.78 is 37.0. The Hall–Kier alpha value is -2.18. The second kappa shape index (κ2) is 7.37. The fraction of sp³-hybridized carbons (Fsp3) is 0.556. The number of carbonyl (C=O) groups is 2. The molecular formula is C18H23F2NO4. The van der Waals surface area contributed by atoms with E-state index in [0.29, 0.717) is 18.5 Å². The number of nitrogens with zero attached hydrogens (tertiary/aromatic N) is 1. The maximum atomic E-state index is 13.6. The molecule has 0 aliphatic carbocycles. The highest BCUT2D eigenvalue weighted by Gasteiger charge is 2.38. The zero-order valence-corrected chi connectivity index (χ0v) is 14.8. The Labute approximate surface area is 145 Å². The number of carbonyl (C=O) groups excluding carboxylic acids is 2. The number of benzene rings is 1. The molecule has 25 heavy (non-hydrogen) atoms. The molecule has 0 spiro atoms. The standard InChI is InChI=1S/C18H23F2NO4/c1-18(2,3)25-17(23)21-8-7-12(16(22)24-4)13(10-21)11-5-6-14(19)15(20)9-11/h5-6,9,12-13H,7-8,10H2,1-4H3/t12-,13+/m1/s1. The lowest BCUT2D eigenvalue weighted by atomic mass is 9.80. The molecular weight excluding hydrogens is 332 g/mol. The van der Waals surface area contributed by atoms with Gasteiger partial charge in [-0.3, -0.25) is 4.79 Å². The molecule has 0 N–H and O–H groups in total. The first kappa shape index (κ1) is 19.1. The highest BCUT2D eigenvalue weighted by atomic mass is 19.2. The first-order chi connectivity index (χ1) is 11.6. The lowest BCUT2D eigenvalue weighted by molar-refractivity contribution is -0.147. The molecule has 1 aromatic rings. The van der Waals surface area contributed by atoms with Crippen LogP contribution in [0.2, 0.25) is 0 Å². The second-order valence-corrected chi connectivity index (χ2v) is 7.12. The van der Waals surface area contributed by atoms with E-state index in [9.17, 15) is 18.4 Å². The Morgan fingerprint density at radius 3 is 2.44 bits per heavy atom. The minimum absolute atomic E-state index is 0.166. The van der Waals surface area contributed by atoms with E-state index in [4.69, 9.17) is 9.47 Å². The molecule has 2 rings (SSSR count). The van der Waals surface area contributed by atoms with E-state index in [2.05, 4.69) is 0 Å². The summed E-state index contributed by atoms with van der Waals surface area (Å²) in [5, 5.41) is 0. The van der Waals surface area contributed by atoms with Gasteiger partial charge < -0.3 is 14.4 Å². The zero-order chi connectivity index (χ0) is 18.8. The van der Waals surface area contributed by atoms with E-state index >= 15 is 0 Å². The molecule has 1 saturated heterocycles. The van der Waals surface area contributed by atoms with Crippen LogP contribution in [0.5, 0.6) is 0 Å². The van der Waals surface area contributed by atoms with Crippen LogP contribution in [-0.4, -0.2) is 42.8 Å². The number of esters is 1. The van der Waals surface area contributed by atoms with Crippen LogP contribution in [0.4, 0.5) is 13.6 Å². The lowest BCUT2D eigenvalue weighted by Gasteiger charge is -2.38. The molecule has 0 aromatic heterocycles. The van der Waals surface area contributed by atoms with Gasteiger partial charge in [-0.1, -0.05) is 6.07 Å². The summed E-state index contributed by atoms with van der Waals surface area (Å²) in [7, 11) is 1.28. The number of methoxy groups -OCH3 is 1. The van der Waals surface area contributed by atoms with Gasteiger partial charge in [-0.05, 0) is 44.9 Å². The number of piperidine rings is 1. The van der Waals surface area contributed by atoms with Crippen molar-refractivity contribution < 1.29 is 27.8 Å². The van der Waals surface area contributed by atoms with Crippen molar-refractivity contribution in [3.63, 3.8) is 0 Å². The number of ether oxygens (including phenoxy) is 2. The Morgan fingerprint density at radius 1 is 1.20 bits per heavy atom. The zero-order valence-electron chi connectivity index (χ0n) is 14.8. The largest absolute Gasteiger partial charge is 0.469 e. The van der Waals surface area contributed by atoms with Crippen LogP contribution in [0.3, 0.4) is 0 Å². The molecule has 7 heteroatoms. The van der Waals surface area contributed by atoms with Crippen LogP contribution < -0.4 is 0 Å². The molecule has 0 radical (unpaired) electrons. The van der Waals surface area contributed by atoms with Crippen molar-refractivity contribution in [1.29, 1.82) is 0 Å². The van der Waals surface area contributed by atoms with E-state index in [1.54, 1.807) is 20.8 Å². The van der Waals surface area contributed by atoms with Crippen molar-refractivity contribution in [2.24, 2.45) is 5.92 Å². The minimum atomic E-state index is -0.990. The van der Waals surface area contributed by atoms with Crippen LogP contribution >= 0.6 is 0 Å². The third-order valence-corrected chi connectivity index (χ3v) is 4.14. The van der Waals surface area contributed by atoms with Gasteiger partial charge >= 0.3 is 12.1 Å². The Bertz CT molecular complexity index is 657. The Balaban J connectivity index is 2.27. The van der Waals surface area contributed by atoms with Crippen LogP contribution in [-0.2, 0) is 14.3 Å². The topological polar surface area (TPSA) is 55.8 Å². The van der Waals surface area contributed by atoms with Gasteiger partial charge in [0, 0.05) is 19.0 Å². The smallest absolute Gasteiger partial charge is 0.410 e. The predicted octanol–water partition coefficient (Wildman–Crippen LogP) is 3.48. The van der Waals surface area contributed by atoms with Gasteiger partial charge in [0.05, 0.1) is 13.0 Å². The number of hydrogen-bond acceptors (Lipinski definition) is 4. The van der Waals surface area contributed by atoms with Crippen molar-refractivity contribution in [3.8, 4) is 0 Å². The van der Waals surface area contributed by atoms with Crippen LogP contribution in [0.1, 0.15) is 38.7 Å². The average molecular weight is 355 g/mol. The summed E-state index contributed by atoms with van der Waals surface area (Å²) in [6, 6.07) is 3.51. The normalized spacial score (nSPS) is 21.0. The quantitative estimate of drug-likeness (QED) is 0.762. The predicted molar refractivity (Wildman–Crippen MR) is 87.0 cm³/mol. The number of rotatable bonds is 2. The molecule has 1 aromatic carbocycles. The number of amides is 1. The fourth-order valence-electron chi connectivity index (χ4n) is 2.96. The molecule has 1 heterocycles. The third-order valence-electron chi connectivity index (χ3n) is 4.14. The van der Waals surface area contributed by atoms with Crippen molar-refractivity contribution in [2.75, 3.05) is 20.2 Å². The fourth-order valence-corrected chi connectivity index (χ4v) is 2.96.